The fraction of sp³-hybridized carbons (Fsp3) is 0.538. The lowest BCUT2D eigenvalue weighted by Crippen LogP contribution is -2.16. The highest BCUT2D eigenvalue weighted by Crippen LogP contribution is 2.37. The molecular weight excluding hydrogens is 248 g/mol. The van der Waals surface area contributed by atoms with Gasteiger partial charge >= 0.3 is 6.18 Å². The minimum atomic E-state index is -4.59. The molecule has 1 aromatic carbocycles. The molecule has 0 spiro atoms. The number of rotatable bonds is 4. The quantitative estimate of drug-likeness (QED) is 0.803. The van der Waals surface area contributed by atoms with Gasteiger partial charge in [-0.1, -0.05) is 20.3 Å². The molecule has 0 saturated heterocycles. The van der Waals surface area contributed by atoms with Crippen LogP contribution in [0.3, 0.4) is 0 Å². The van der Waals surface area contributed by atoms with Crippen molar-refractivity contribution in [2.75, 3.05) is 0 Å². The maximum absolute atomic E-state index is 13.1. The molecule has 0 saturated carbocycles. The van der Waals surface area contributed by atoms with Crippen LogP contribution in [0.2, 0.25) is 0 Å². The highest BCUT2D eigenvalue weighted by Gasteiger charge is 2.36. The van der Waals surface area contributed by atoms with Gasteiger partial charge < -0.3 is 5.11 Å². The van der Waals surface area contributed by atoms with E-state index >= 15 is 0 Å². The summed E-state index contributed by atoms with van der Waals surface area (Å²) in [4.78, 5) is 0. The van der Waals surface area contributed by atoms with Gasteiger partial charge in [0, 0.05) is 0 Å². The van der Waals surface area contributed by atoms with Gasteiger partial charge in [0.1, 0.15) is 5.82 Å². The minimum Gasteiger partial charge on any atom is -0.388 e. The Kier molecular flexibility index (Phi) is 4.73. The van der Waals surface area contributed by atoms with E-state index in [0.29, 0.717) is 12.5 Å². The molecule has 1 rings (SSSR count). The number of benzene rings is 1. The van der Waals surface area contributed by atoms with E-state index in [4.69, 9.17) is 0 Å². The zero-order valence-electron chi connectivity index (χ0n) is 10.3. The summed E-state index contributed by atoms with van der Waals surface area (Å²) in [7, 11) is 0. The second kappa shape index (κ2) is 5.69. The van der Waals surface area contributed by atoms with Gasteiger partial charge in [-0.3, -0.25) is 0 Å². The first-order valence-corrected chi connectivity index (χ1v) is 5.82. The molecule has 0 fully saturated rings. The van der Waals surface area contributed by atoms with Crippen molar-refractivity contribution in [2.24, 2.45) is 5.92 Å². The van der Waals surface area contributed by atoms with E-state index in [2.05, 4.69) is 0 Å². The molecule has 0 aromatic heterocycles. The molecule has 0 radical (unpaired) electrons. The molecule has 1 N–H and O–H groups in total. The van der Waals surface area contributed by atoms with Gasteiger partial charge in [0.2, 0.25) is 0 Å². The summed E-state index contributed by atoms with van der Waals surface area (Å²) in [6.45, 7) is 3.53. The average molecular weight is 264 g/mol. The Morgan fingerprint density at radius 1 is 1.28 bits per heavy atom. The van der Waals surface area contributed by atoms with Crippen LogP contribution < -0.4 is 0 Å². The summed E-state index contributed by atoms with van der Waals surface area (Å²) in [5.41, 5.74) is -1.36. The first-order valence-electron chi connectivity index (χ1n) is 5.82. The van der Waals surface area contributed by atoms with Crippen molar-refractivity contribution in [3.05, 3.63) is 35.1 Å². The lowest BCUT2D eigenvalue weighted by molar-refractivity contribution is -0.139. The smallest absolute Gasteiger partial charge is 0.388 e. The average Bonchev–Trinajstić information content (AvgIpc) is 2.26. The molecule has 0 aliphatic heterocycles. The van der Waals surface area contributed by atoms with Crippen molar-refractivity contribution < 1.29 is 22.7 Å². The first-order chi connectivity index (χ1) is 8.27. The van der Waals surface area contributed by atoms with Crippen LogP contribution in [0.15, 0.2) is 18.2 Å². The standard InChI is InChI=1S/C13H16F4O/c1-3-4-8(2)12(18)10-7-9(14)5-6-11(10)13(15,16)17/h5-8,12,18H,3-4H2,1-2H3. The van der Waals surface area contributed by atoms with Crippen LogP contribution in [0.4, 0.5) is 17.6 Å². The van der Waals surface area contributed by atoms with Gasteiger partial charge in [0.15, 0.2) is 0 Å². The van der Waals surface area contributed by atoms with E-state index in [0.717, 1.165) is 18.6 Å². The van der Waals surface area contributed by atoms with E-state index in [-0.39, 0.29) is 11.5 Å². The Morgan fingerprint density at radius 2 is 1.89 bits per heavy atom. The Labute approximate surface area is 103 Å². The molecule has 0 aliphatic carbocycles. The molecule has 102 valence electrons. The number of aliphatic hydroxyl groups is 1. The normalized spacial score (nSPS) is 15.5. The summed E-state index contributed by atoms with van der Waals surface area (Å²) in [6, 6.07) is 2.19. The Bertz CT molecular complexity index is 400. The van der Waals surface area contributed by atoms with Crippen LogP contribution in [0.25, 0.3) is 0 Å². The fourth-order valence-corrected chi connectivity index (χ4v) is 1.96. The maximum atomic E-state index is 13.1. The van der Waals surface area contributed by atoms with E-state index < -0.39 is 23.7 Å². The lowest BCUT2D eigenvalue weighted by atomic mass is 9.90. The van der Waals surface area contributed by atoms with Crippen LogP contribution in [0.1, 0.15) is 43.9 Å². The van der Waals surface area contributed by atoms with Crippen LogP contribution in [0, 0.1) is 11.7 Å². The number of hydrogen-bond donors (Lipinski definition) is 1. The van der Waals surface area contributed by atoms with Gasteiger partial charge in [-0.05, 0) is 36.1 Å². The highest BCUT2D eigenvalue weighted by atomic mass is 19.4. The molecule has 0 heterocycles. The predicted molar refractivity (Wildman–Crippen MR) is 60.4 cm³/mol. The molecular formula is C13H16F4O. The third-order valence-corrected chi connectivity index (χ3v) is 2.92. The Morgan fingerprint density at radius 3 is 2.39 bits per heavy atom. The third kappa shape index (κ3) is 3.45. The van der Waals surface area contributed by atoms with Gasteiger partial charge in [-0.15, -0.1) is 0 Å². The van der Waals surface area contributed by atoms with Crippen molar-refractivity contribution in [3.8, 4) is 0 Å². The summed E-state index contributed by atoms with van der Waals surface area (Å²) >= 11 is 0. The highest BCUT2D eigenvalue weighted by molar-refractivity contribution is 5.32. The largest absolute Gasteiger partial charge is 0.416 e. The van der Waals surface area contributed by atoms with Crippen molar-refractivity contribution in [1.82, 2.24) is 0 Å². The summed E-state index contributed by atoms with van der Waals surface area (Å²) in [5.74, 6) is -1.13. The zero-order valence-corrected chi connectivity index (χ0v) is 10.3. The van der Waals surface area contributed by atoms with Crippen LogP contribution in [0.5, 0.6) is 0 Å². The first kappa shape index (κ1) is 15.0. The molecule has 1 nitrogen and oxygen atoms in total. The van der Waals surface area contributed by atoms with Crippen LogP contribution in [-0.2, 0) is 6.18 Å². The number of alkyl halides is 3. The maximum Gasteiger partial charge on any atom is 0.416 e. The number of aliphatic hydroxyl groups excluding tert-OH is 1. The second-order valence-corrected chi connectivity index (χ2v) is 4.44. The third-order valence-electron chi connectivity index (χ3n) is 2.92. The van der Waals surface area contributed by atoms with Gasteiger partial charge in [-0.2, -0.15) is 13.2 Å². The van der Waals surface area contributed by atoms with Crippen LogP contribution >= 0.6 is 0 Å². The molecule has 18 heavy (non-hydrogen) atoms. The van der Waals surface area contributed by atoms with E-state index in [1.807, 2.05) is 6.92 Å². The summed E-state index contributed by atoms with van der Waals surface area (Å²) < 4.78 is 51.3. The monoisotopic (exact) mass is 264 g/mol. The molecule has 2 atom stereocenters. The van der Waals surface area contributed by atoms with Gasteiger partial charge in [0.25, 0.3) is 0 Å². The van der Waals surface area contributed by atoms with E-state index in [9.17, 15) is 22.7 Å². The minimum absolute atomic E-state index is 0.349. The zero-order chi connectivity index (χ0) is 13.9. The van der Waals surface area contributed by atoms with E-state index in [1.54, 1.807) is 6.92 Å². The second-order valence-electron chi connectivity index (χ2n) is 4.44. The number of halogens is 4. The Balaban J connectivity index is 3.17. The van der Waals surface area contributed by atoms with Crippen LogP contribution in [-0.4, -0.2) is 5.11 Å². The molecule has 0 aliphatic rings. The molecule has 1 aromatic rings. The molecule has 2 unspecified atom stereocenters. The van der Waals surface area contributed by atoms with Gasteiger partial charge in [0.05, 0.1) is 11.7 Å². The van der Waals surface area contributed by atoms with Crippen molar-refractivity contribution in [3.63, 3.8) is 0 Å². The predicted octanol–water partition coefficient (Wildman–Crippen LogP) is 4.31. The molecule has 0 bridgehead atoms. The van der Waals surface area contributed by atoms with Crippen molar-refractivity contribution in [2.45, 2.75) is 39.0 Å². The SMILES string of the molecule is CCCC(C)C(O)c1cc(F)ccc1C(F)(F)F. The lowest BCUT2D eigenvalue weighted by Gasteiger charge is -2.22. The summed E-state index contributed by atoms with van der Waals surface area (Å²) in [6.07, 6.45) is -4.57. The molecule has 5 heteroatoms. The Hall–Kier alpha value is -1.10. The van der Waals surface area contributed by atoms with Crippen molar-refractivity contribution >= 4 is 0 Å². The molecule has 0 amide bonds. The van der Waals surface area contributed by atoms with E-state index in [1.165, 1.54) is 0 Å². The fourth-order valence-electron chi connectivity index (χ4n) is 1.96. The topological polar surface area (TPSA) is 20.2 Å². The number of hydrogen-bond acceptors (Lipinski definition) is 1. The van der Waals surface area contributed by atoms with Gasteiger partial charge in [-0.25, -0.2) is 4.39 Å². The summed E-state index contributed by atoms with van der Waals surface area (Å²) in [5, 5.41) is 9.92. The van der Waals surface area contributed by atoms with Crippen molar-refractivity contribution in [1.29, 1.82) is 0 Å².